The first-order valence-corrected chi connectivity index (χ1v) is 9.46. The lowest BCUT2D eigenvalue weighted by molar-refractivity contribution is 0.167. The van der Waals surface area contributed by atoms with E-state index in [0.29, 0.717) is 16.5 Å². The molecule has 0 fully saturated rings. The van der Waals surface area contributed by atoms with Gasteiger partial charge in [0.2, 0.25) is 0 Å². The summed E-state index contributed by atoms with van der Waals surface area (Å²) in [6.45, 7) is 0.288. The number of rotatable bonds is 6. The topological polar surface area (TPSA) is 72.9 Å². The third kappa shape index (κ3) is 3.86. The number of nitrogens with zero attached hydrogens (tertiary/aromatic N) is 2. The fourth-order valence-corrected chi connectivity index (χ4v) is 4.70. The number of aliphatic hydroxyl groups excluding tert-OH is 1. The molecule has 1 aliphatic rings. The molecule has 3 rings (SSSR count). The van der Waals surface area contributed by atoms with Gasteiger partial charge in [0, 0.05) is 13.1 Å². The minimum Gasteiger partial charge on any atom is -0.392 e. The maximum Gasteiger partial charge on any atom is 0.331 e. The Morgan fingerprint density at radius 1 is 1.07 bits per heavy atom. The summed E-state index contributed by atoms with van der Waals surface area (Å²) in [5.41, 5.74) is -0.162. The molecule has 27 heavy (non-hydrogen) atoms. The van der Waals surface area contributed by atoms with Crippen LogP contribution in [0.1, 0.15) is 6.42 Å². The van der Waals surface area contributed by atoms with Crippen LogP contribution >= 0.6 is 12.4 Å². The molecule has 1 atom stereocenters. The van der Waals surface area contributed by atoms with E-state index in [1.807, 2.05) is 0 Å². The Bertz CT molecular complexity index is 894. The van der Waals surface area contributed by atoms with Crippen LogP contribution in [-0.4, -0.2) is 39.8 Å². The highest BCUT2D eigenvalue weighted by molar-refractivity contribution is 7.95. The van der Waals surface area contributed by atoms with Gasteiger partial charge in [-0.2, -0.15) is 8.42 Å². The summed E-state index contributed by atoms with van der Waals surface area (Å²) in [4.78, 5) is 0. The molecule has 148 valence electrons. The SMILES string of the molecule is CNC[C@H](O)CCN1c2ccccc2N(c2c(F)cccc2F)S1(=O)=O.Cl. The van der Waals surface area contributed by atoms with E-state index >= 15 is 0 Å². The first kappa shape index (κ1) is 21.4. The molecule has 0 spiro atoms. The van der Waals surface area contributed by atoms with E-state index in [2.05, 4.69) is 5.32 Å². The lowest BCUT2D eigenvalue weighted by atomic mass is 10.2. The van der Waals surface area contributed by atoms with E-state index in [1.54, 1.807) is 25.2 Å². The Labute approximate surface area is 163 Å². The summed E-state index contributed by atoms with van der Waals surface area (Å²) in [5, 5.41) is 12.7. The van der Waals surface area contributed by atoms with Crippen molar-refractivity contribution in [2.45, 2.75) is 12.5 Å². The van der Waals surface area contributed by atoms with Crippen molar-refractivity contribution in [3.05, 3.63) is 54.1 Å². The highest BCUT2D eigenvalue weighted by atomic mass is 35.5. The molecule has 10 heteroatoms. The molecule has 0 aromatic heterocycles. The third-order valence-corrected chi connectivity index (χ3v) is 5.90. The smallest absolute Gasteiger partial charge is 0.331 e. The molecule has 0 radical (unpaired) electrons. The summed E-state index contributed by atoms with van der Waals surface area (Å²) in [6, 6.07) is 9.49. The Balaban J connectivity index is 0.00000261. The summed E-state index contributed by atoms with van der Waals surface area (Å²) < 4.78 is 56.4. The van der Waals surface area contributed by atoms with Gasteiger partial charge in [0.15, 0.2) is 11.6 Å². The number of likely N-dealkylation sites (N-methyl/N-ethyl adjacent to an activating group) is 1. The quantitative estimate of drug-likeness (QED) is 0.754. The van der Waals surface area contributed by atoms with Gasteiger partial charge in [0.1, 0.15) is 5.69 Å². The van der Waals surface area contributed by atoms with Crippen molar-refractivity contribution in [1.82, 2.24) is 5.32 Å². The van der Waals surface area contributed by atoms with Crippen molar-refractivity contribution in [1.29, 1.82) is 0 Å². The molecule has 0 saturated heterocycles. The van der Waals surface area contributed by atoms with Gasteiger partial charge in [0.25, 0.3) is 0 Å². The largest absolute Gasteiger partial charge is 0.392 e. The average Bonchev–Trinajstić information content (AvgIpc) is 2.80. The Morgan fingerprint density at radius 3 is 2.26 bits per heavy atom. The number of fused-ring (bicyclic) bond motifs is 1. The van der Waals surface area contributed by atoms with Crippen molar-refractivity contribution in [2.24, 2.45) is 0 Å². The highest BCUT2D eigenvalue weighted by Crippen LogP contribution is 2.46. The predicted octanol–water partition coefficient (Wildman–Crippen LogP) is 2.56. The van der Waals surface area contributed by atoms with Crippen LogP contribution in [0.2, 0.25) is 0 Å². The maximum absolute atomic E-state index is 14.3. The number of nitrogens with one attached hydrogen (secondary N) is 1. The second kappa shape index (κ2) is 8.39. The lowest BCUT2D eigenvalue weighted by Crippen LogP contribution is -2.38. The van der Waals surface area contributed by atoms with Gasteiger partial charge in [0.05, 0.1) is 17.5 Å². The van der Waals surface area contributed by atoms with E-state index in [4.69, 9.17) is 0 Å². The van der Waals surface area contributed by atoms with Crippen LogP contribution in [-0.2, 0) is 10.2 Å². The summed E-state index contributed by atoms with van der Waals surface area (Å²) in [7, 11) is -2.57. The summed E-state index contributed by atoms with van der Waals surface area (Å²) in [5.74, 6) is -1.94. The molecule has 2 N–H and O–H groups in total. The van der Waals surface area contributed by atoms with E-state index in [9.17, 15) is 22.3 Å². The van der Waals surface area contributed by atoms with Crippen molar-refractivity contribution >= 4 is 39.7 Å². The molecule has 0 unspecified atom stereocenters. The standard InChI is InChI=1S/C17H19F2N3O3S.ClH/c1-20-11-12(23)9-10-21-15-7-2-3-8-16(15)22(26(21,24)25)17-13(18)5-4-6-14(17)19;/h2-8,12,20,23H,9-11H2,1H3;1H/t12-;/m1./s1. The molecule has 1 aliphatic heterocycles. The average molecular weight is 420 g/mol. The first-order valence-electron chi connectivity index (χ1n) is 8.06. The van der Waals surface area contributed by atoms with Gasteiger partial charge >= 0.3 is 10.2 Å². The van der Waals surface area contributed by atoms with Gasteiger partial charge < -0.3 is 10.4 Å². The molecule has 0 saturated carbocycles. The van der Waals surface area contributed by atoms with Crippen molar-refractivity contribution < 1.29 is 22.3 Å². The number of hydrogen-bond donors (Lipinski definition) is 2. The Hall–Kier alpha value is -1.94. The van der Waals surface area contributed by atoms with Crippen LogP contribution in [0.25, 0.3) is 0 Å². The molecular weight excluding hydrogens is 400 g/mol. The van der Waals surface area contributed by atoms with E-state index in [0.717, 1.165) is 16.4 Å². The zero-order chi connectivity index (χ0) is 18.9. The number of aliphatic hydroxyl groups is 1. The third-order valence-electron chi connectivity index (χ3n) is 4.12. The lowest BCUT2D eigenvalue weighted by Gasteiger charge is -2.23. The van der Waals surface area contributed by atoms with Crippen molar-refractivity contribution in [2.75, 3.05) is 28.7 Å². The minimum atomic E-state index is -4.24. The van der Waals surface area contributed by atoms with E-state index in [1.165, 1.54) is 12.1 Å². The fraction of sp³-hybridized carbons (Fsp3) is 0.294. The molecule has 2 aromatic rings. The minimum absolute atomic E-state index is 0. The zero-order valence-electron chi connectivity index (χ0n) is 14.5. The van der Waals surface area contributed by atoms with Gasteiger partial charge in [-0.3, -0.25) is 4.31 Å². The monoisotopic (exact) mass is 419 g/mol. The predicted molar refractivity (Wildman–Crippen MR) is 103 cm³/mol. The second-order valence-electron chi connectivity index (χ2n) is 5.90. The van der Waals surface area contributed by atoms with E-state index < -0.39 is 33.6 Å². The first-order chi connectivity index (χ1) is 12.4. The van der Waals surface area contributed by atoms with Crippen LogP contribution in [0.4, 0.5) is 25.8 Å². The van der Waals surface area contributed by atoms with Gasteiger partial charge in [-0.25, -0.2) is 13.1 Å². The van der Waals surface area contributed by atoms with Gasteiger partial charge in [-0.05, 0) is 37.7 Å². The normalized spacial score (nSPS) is 16.0. The van der Waals surface area contributed by atoms with Crippen LogP contribution < -0.4 is 13.9 Å². The van der Waals surface area contributed by atoms with Crippen molar-refractivity contribution in [3.8, 4) is 0 Å². The fourth-order valence-electron chi connectivity index (χ4n) is 2.95. The van der Waals surface area contributed by atoms with Crippen molar-refractivity contribution in [3.63, 3.8) is 0 Å². The number of hydrogen-bond acceptors (Lipinski definition) is 4. The molecular formula is C17H20ClF2N3O3S. The van der Waals surface area contributed by atoms with E-state index in [-0.39, 0.29) is 31.1 Å². The molecule has 6 nitrogen and oxygen atoms in total. The summed E-state index contributed by atoms with van der Waals surface area (Å²) in [6.07, 6.45) is -0.580. The summed E-state index contributed by atoms with van der Waals surface area (Å²) >= 11 is 0. The maximum atomic E-state index is 14.3. The number of para-hydroxylation sites is 3. The van der Waals surface area contributed by atoms with Crippen LogP contribution in [0.3, 0.4) is 0 Å². The Morgan fingerprint density at radius 2 is 1.67 bits per heavy atom. The van der Waals surface area contributed by atoms with Gasteiger partial charge in [-0.15, -0.1) is 12.4 Å². The molecule has 0 bridgehead atoms. The second-order valence-corrected chi connectivity index (χ2v) is 7.61. The van der Waals surface area contributed by atoms with Gasteiger partial charge in [-0.1, -0.05) is 18.2 Å². The number of halogens is 3. The number of anilines is 3. The van der Waals surface area contributed by atoms with Crippen LogP contribution in [0, 0.1) is 11.6 Å². The highest BCUT2D eigenvalue weighted by Gasteiger charge is 2.43. The number of benzene rings is 2. The Kier molecular flexibility index (Phi) is 6.63. The van der Waals surface area contributed by atoms with Crippen LogP contribution in [0.5, 0.6) is 0 Å². The molecule has 1 heterocycles. The van der Waals surface area contributed by atoms with Crippen LogP contribution in [0.15, 0.2) is 42.5 Å². The molecule has 2 aromatic carbocycles. The zero-order valence-corrected chi connectivity index (χ0v) is 16.1. The molecule has 0 aliphatic carbocycles. The molecule has 0 amide bonds.